The van der Waals surface area contributed by atoms with Gasteiger partial charge in [-0.25, -0.2) is 0 Å². The molecule has 0 bridgehead atoms. The number of aromatic nitrogens is 2. The van der Waals surface area contributed by atoms with Gasteiger partial charge in [-0.15, -0.1) is 0 Å². The molecule has 0 radical (unpaired) electrons. The third-order valence-electron chi connectivity index (χ3n) is 6.59. The molecule has 1 fully saturated rings. The fraction of sp³-hybridized carbons (Fsp3) is 0.393. The molecule has 0 atom stereocenters. The molecule has 196 valence electrons. The molecular weight excluding hydrogens is 483 g/mol. The summed E-state index contributed by atoms with van der Waals surface area (Å²) < 4.78 is 40.4. The number of rotatable bonds is 9. The second-order valence-corrected chi connectivity index (χ2v) is 9.52. The van der Waals surface area contributed by atoms with Gasteiger partial charge >= 0.3 is 12.1 Å². The van der Waals surface area contributed by atoms with Crippen LogP contribution in [-0.4, -0.2) is 39.5 Å². The average molecular weight is 514 g/mol. The topological polar surface area (TPSA) is 84.2 Å². The highest BCUT2D eigenvalue weighted by molar-refractivity contribution is 5.94. The normalized spacial score (nSPS) is 14.5. The third-order valence-corrected chi connectivity index (χ3v) is 6.59. The Morgan fingerprint density at radius 1 is 0.973 bits per heavy atom. The summed E-state index contributed by atoms with van der Waals surface area (Å²) in [5.74, 6) is -1.30. The van der Waals surface area contributed by atoms with Crippen LogP contribution in [0.1, 0.15) is 71.7 Å². The van der Waals surface area contributed by atoms with Gasteiger partial charge in [-0.05, 0) is 47.7 Å². The van der Waals surface area contributed by atoms with E-state index in [1.165, 1.54) is 18.6 Å². The maximum atomic E-state index is 12.8. The number of benzene rings is 2. The molecule has 1 heterocycles. The minimum atomic E-state index is -4.24. The molecule has 1 amide bonds. The van der Waals surface area contributed by atoms with Crippen molar-refractivity contribution in [1.82, 2.24) is 15.1 Å². The molecule has 3 aromatic rings. The lowest BCUT2D eigenvalue weighted by molar-refractivity contribution is -0.136. The van der Waals surface area contributed by atoms with Gasteiger partial charge in [0.05, 0.1) is 30.3 Å². The lowest BCUT2D eigenvalue weighted by atomic mass is 9.95. The molecule has 0 saturated heterocycles. The van der Waals surface area contributed by atoms with Crippen LogP contribution in [0.4, 0.5) is 13.2 Å². The van der Waals surface area contributed by atoms with Gasteiger partial charge in [0.1, 0.15) is 0 Å². The number of aliphatic carboxylic acids is 1. The van der Waals surface area contributed by atoms with E-state index in [1.54, 1.807) is 24.3 Å². The van der Waals surface area contributed by atoms with Crippen molar-refractivity contribution in [2.45, 2.75) is 63.6 Å². The molecule has 2 N–H and O–H groups in total. The molecule has 1 saturated carbocycles. The number of nitrogens with zero attached hydrogens (tertiary/aromatic N) is 2. The molecule has 1 aliphatic rings. The van der Waals surface area contributed by atoms with Crippen molar-refractivity contribution in [3.8, 4) is 11.3 Å². The Balaban J connectivity index is 1.52. The van der Waals surface area contributed by atoms with E-state index in [4.69, 9.17) is 10.2 Å². The van der Waals surface area contributed by atoms with E-state index >= 15 is 0 Å². The molecular formula is C28H30F3N3O3. The number of carbonyl (C=O) groups is 2. The molecule has 37 heavy (non-hydrogen) atoms. The van der Waals surface area contributed by atoms with Gasteiger partial charge in [-0.2, -0.15) is 18.3 Å². The zero-order valence-corrected chi connectivity index (χ0v) is 20.4. The van der Waals surface area contributed by atoms with Crippen molar-refractivity contribution in [3.63, 3.8) is 0 Å². The summed E-state index contributed by atoms with van der Waals surface area (Å²) in [5.41, 5.74) is 4.22. The van der Waals surface area contributed by atoms with Gasteiger partial charge in [0, 0.05) is 18.5 Å². The van der Waals surface area contributed by atoms with Crippen molar-refractivity contribution in [3.05, 3.63) is 77.0 Å². The number of carbonyl (C=O) groups excluding carboxylic acids is 1. The van der Waals surface area contributed by atoms with Crippen molar-refractivity contribution in [2.75, 3.05) is 6.54 Å². The zero-order valence-electron chi connectivity index (χ0n) is 20.4. The number of amides is 1. The number of hydrogen-bond donors (Lipinski definition) is 2. The van der Waals surface area contributed by atoms with Crippen molar-refractivity contribution >= 4 is 11.9 Å². The van der Waals surface area contributed by atoms with Gasteiger partial charge in [0.15, 0.2) is 0 Å². The summed E-state index contributed by atoms with van der Waals surface area (Å²) in [6.45, 7) is 0.0640. The Hall–Kier alpha value is -3.62. The van der Waals surface area contributed by atoms with Crippen LogP contribution in [0, 0.1) is 0 Å². The SMILES string of the molecule is O=C(O)CCNC(=O)c1ccc(Cc2cc(-c3ccc(CC(F)(F)F)cc3)n(C3CCCCC3)n2)cc1. The monoisotopic (exact) mass is 513 g/mol. The Bertz CT molecular complexity index is 1210. The van der Waals surface area contributed by atoms with Crippen molar-refractivity contribution in [2.24, 2.45) is 0 Å². The van der Waals surface area contributed by atoms with E-state index in [0.29, 0.717) is 12.0 Å². The van der Waals surface area contributed by atoms with Gasteiger partial charge in [-0.1, -0.05) is 55.7 Å². The van der Waals surface area contributed by atoms with E-state index in [-0.39, 0.29) is 30.5 Å². The Labute approximate surface area is 213 Å². The van der Waals surface area contributed by atoms with Gasteiger partial charge < -0.3 is 10.4 Å². The van der Waals surface area contributed by atoms with Crippen LogP contribution in [0.15, 0.2) is 54.6 Å². The zero-order chi connectivity index (χ0) is 26.4. The number of carboxylic acids is 1. The van der Waals surface area contributed by atoms with Crippen molar-refractivity contribution in [1.29, 1.82) is 0 Å². The second-order valence-electron chi connectivity index (χ2n) is 9.52. The number of hydrogen-bond acceptors (Lipinski definition) is 3. The highest BCUT2D eigenvalue weighted by atomic mass is 19.4. The molecule has 0 aliphatic heterocycles. The molecule has 0 unspecified atom stereocenters. The predicted molar refractivity (Wildman–Crippen MR) is 133 cm³/mol. The molecule has 2 aromatic carbocycles. The largest absolute Gasteiger partial charge is 0.481 e. The predicted octanol–water partition coefficient (Wildman–Crippen LogP) is 5.96. The first kappa shape index (κ1) is 26.4. The second kappa shape index (κ2) is 11.6. The van der Waals surface area contributed by atoms with E-state index in [9.17, 15) is 22.8 Å². The minimum absolute atomic E-state index is 0.0640. The molecule has 9 heteroatoms. The Kier molecular flexibility index (Phi) is 8.31. The van der Waals surface area contributed by atoms with Crippen LogP contribution in [0.5, 0.6) is 0 Å². The lowest BCUT2D eigenvalue weighted by Crippen LogP contribution is -2.25. The first-order chi connectivity index (χ1) is 17.7. The van der Waals surface area contributed by atoms with Gasteiger partial charge in [0.25, 0.3) is 5.91 Å². The number of halogens is 3. The molecule has 0 spiro atoms. The van der Waals surface area contributed by atoms with Crippen molar-refractivity contribution < 1.29 is 27.9 Å². The summed E-state index contributed by atoms with van der Waals surface area (Å²) in [6, 6.07) is 15.9. The van der Waals surface area contributed by atoms with E-state index in [0.717, 1.165) is 48.2 Å². The summed E-state index contributed by atoms with van der Waals surface area (Å²) >= 11 is 0. The highest BCUT2D eigenvalue weighted by Gasteiger charge is 2.27. The number of nitrogens with one attached hydrogen (secondary N) is 1. The maximum absolute atomic E-state index is 12.8. The standard InChI is InChI=1S/C28H30F3N3O3/c29-28(30,31)18-20-8-10-21(11-9-20)25-17-23(33-34(25)24-4-2-1-3-5-24)16-19-6-12-22(13-7-19)27(37)32-15-14-26(35)36/h6-13,17,24H,1-5,14-16,18H2,(H,32,37)(H,35,36). The summed E-state index contributed by atoms with van der Waals surface area (Å²) in [4.78, 5) is 22.8. The van der Waals surface area contributed by atoms with E-state index in [2.05, 4.69) is 5.32 Å². The van der Waals surface area contributed by atoms with Crippen LogP contribution >= 0.6 is 0 Å². The Morgan fingerprint density at radius 3 is 2.24 bits per heavy atom. The maximum Gasteiger partial charge on any atom is 0.393 e. The molecule has 1 aromatic heterocycles. The first-order valence-corrected chi connectivity index (χ1v) is 12.5. The fourth-order valence-corrected chi connectivity index (χ4v) is 4.74. The summed E-state index contributed by atoms with van der Waals surface area (Å²) in [5, 5.41) is 16.2. The van der Waals surface area contributed by atoms with Crippen LogP contribution < -0.4 is 5.32 Å². The number of alkyl halides is 3. The van der Waals surface area contributed by atoms with Crippen LogP contribution in [0.25, 0.3) is 11.3 Å². The first-order valence-electron chi connectivity index (χ1n) is 12.5. The molecule has 6 nitrogen and oxygen atoms in total. The lowest BCUT2D eigenvalue weighted by Gasteiger charge is -2.24. The average Bonchev–Trinajstić information content (AvgIpc) is 3.28. The van der Waals surface area contributed by atoms with Crippen LogP contribution in [0.2, 0.25) is 0 Å². The van der Waals surface area contributed by atoms with Crippen LogP contribution in [0.3, 0.4) is 0 Å². The minimum Gasteiger partial charge on any atom is -0.481 e. The van der Waals surface area contributed by atoms with E-state index in [1.807, 2.05) is 22.9 Å². The molecule has 1 aliphatic carbocycles. The smallest absolute Gasteiger partial charge is 0.393 e. The van der Waals surface area contributed by atoms with Gasteiger partial charge in [-0.3, -0.25) is 14.3 Å². The highest BCUT2D eigenvalue weighted by Crippen LogP contribution is 2.33. The third kappa shape index (κ3) is 7.44. The summed E-state index contributed by atoms with van der Waals surface area (Å²) in [7, 11) is 0. The summed E-state index contributed by atoms with van der Waals surface area (Å²) in [6.07, 6.45) is 0.696. The quantitative estimate of drug-likeness (QED) is 0.370. The molecule has 4 rings (SSSR count). The number of carboxylic acid groups (broad SMARTS) is 1. The van der Waals surface area contributed by atoms with E-state index < -0.39 is 18.6 Å². The van der Waals surface area contributed by atoms with Crippen LogP contribution in [-0.2, 0) is 17.6 Å². The Morgan fingerprint density at radius 2 is 1.62 bits per heavy atom. The fourth-order valence-electron chi connectivity index (χ4n) is 4.74. The van der Waals surface area contributed by atoms with Gasteiger partial charge in [0.2, 0.25) is 0 Å².